The molecule has 0 heterocycles. The Labute approximate surface area is 345 Å². The second kappa shape index (κ2) is 39.8. The average molecular weight is 797 g/mol. The highest BCUT2D eigenvalue weighted by Crippen LogP contribution is 2.15. The van der Waals surface area contributed by atoms with Crippen LogP contribution < -0.4 is 0 Å². The molecule has 0 radical (unpaired) electrons. The monoisotopic (exact) mass is 797 g/mol. The molecular weight excluding hydrogens is 707 g/mol. The summed E-state index contributed by atoms with van der Waals surface area (Å²) < 4.78 is 22.7. The Hall–Kier alpha value is -1.97. The first-order chi connectivity index (χ1) is 27.1. The molecule has 0 aromatic carbocycles. The van der Waals surface area contributed by atoms with Crippen LogP contribution in [0.2, 0.25) is 0 Å². The van der Waals surface area contributed by atoms with Crippen LogP contribution in [-0.2, 0) is 33.3 Å². The molecule has 1 N–H and O–H groups in total. The van der Waals surface area contributed by atoms with Crippen LogP contribution in [-0.4, -0.2) is 87.4 Å². The molecular formula is C47H90NO8+. The van der Waals surface area contributed by atoms with Crippen LogP contribution in [0, 0.1) is 0 Å². The van der Waals surface area contributed by atoms with E-state index in [1.807, 2.05) is 21.1 Å². The number of ether oxygens (including phenoxy) is 4. The Balaban J connectivity index is 4.22. The van der Waals surface area contributed by atoms with Crippen molar-refractivity contribution in [2.45, 2.75) is 225 Å². The van der Waals surface area contributed by atoms with Gasteiger partial charge in [-0.05, 0) is 38.5 Å². The number of hydrogen-bond acceptors (Lipinski definition) is 7. The Bertz CT molecular complexity index is 934. The fourth-order valence-electron chi connectivity index (χ4n) is 6.60. The third-order valence-electron chi connectivity index (χ3n) is 10.3. The number of nitrogens with zero attached hydrogens (tertiary/aromatic N) is 1. The molecule has 0 aromatic rings. The molecule has 0 saturated heterocycles. The van der Waals surface area contributed by atoms with Crippen molar-refractivity contribution in [3.63, 3.8) is 0 Å². The third kappa shape index (κ3) is 40.2. The largest absolute Gasteiger partial charge is 0.477 e. The molecule has 9 nitrogen and oxygen atoms in total. The molecule has 0 fully saturated rings. The summed E-state index contributed by atoms with van der Waals surface area (Å²) in [4.78, 5) is 37.0. The van der Waals surface area contributed by atoms with Gasteiger partial charge in [0.2, 0.25) is 0 Å². The van der Waals surface area contributed by atoms with Crippen LogP contribution in [0.5, 0.6) is 0 Å². The molecule has 330 valence electrons. The van der Waals surface area contributed by atoms with E-state index in [2.05, 4.69) is 26.0 Å². The summed E-state index contributed by atoms with van der Waals surface area (Å²) in [5.74, 6) is -2.00. The van der Waals surface area contributed by atoms with Gasteiger partial charge in [0.25, 0.3) is 6.29 Å². The lowest BCUT2D eigenvalue weighted by Gasteiger charge is -2.25. The zero-order valence-electron chi connectivity index (χ0n) is 37.3. The molecule has 0 aliphatic heterocycles. The van der Waals surface area contributed by atoms with Crippen LogP contribution in [0.25, 0.3) is 0 Å². The Morgan fingerprint density at radius 2 is 0.911 bits per heavy atom. The quantitative estimate of drug-likeness (QED) is 0.0214. The maximum atomic E-state index is 12.7. The Morgan fingerprint density at radius 1 is 0.518 bits per heavy atom. The van der Waals surface area contributed by atoms with Crippen molar-refractivity contribution in [2.24, 2.45) is 0 Å². The molecule has 0 bridgehead atoms. The summed E-state index contributed by atoms with van der Waals surface area (Å²) in [5, 5.41) is 9.61. The van der Waals surface area contributed by atoms with Crippen molar-refractivity contribution in [1.29, 1.82) is 0 Å². The molecule has 0 saturated carbocycles. The van der Waals surface area contributed by atoms with Crippen molar-refractivity contribution in [3.8, 4) is 0 Å². The first kappa shape index (κ1) is 54.0. The topological polar surface area (TPSA) is 108 Å². The fourth-order valence-corrected chi connectivity index (χ4v) is 6.60. The number of rotatable bonds is 43. The summed E-state index contributed by atoms with van der Waals surface area (Å²) in [6.07, 6.45) is 38.6. The predicted molar refractivity (Wildman–Crippen MR) is 231 cm³/mol. The Kier molecular flexibility index (Phi) is 38.4. The molecule has 9 heteroatoms. The zero-order chi connectivity index (χ0) is 41.4. The maximum absolute atomic E-state index is 12.7. The zero-order valence-corrected chi connectivity index (χ0v) is 37.3. The van der Waals surface area contributed by atoms with Crippen molar-refractivity contribution >= 4 is 17.9 Å². The molecule has 0 aromatic heterocycles. The molecule has 2 atom stereocenters. The van der Waals surface area contributed by atoms with Crippen LogP contribution in [0.15, 0.2) is 12.2 Å². The first-order valence-electron chi connectivity index (χ1n) is 23.4. The fraction of sp³-hybridized carbons (Fsp3) is 0.894. The highest BCUT2D eigenvalue weighted by molar-refractivity contribution is 5.71. The number of likely N-dealkylation sites (N-methyl/N-ethyl adjacent to an activating group) is 1. The first-order valence-corrected chi connectivity index (χ1v) is 23.4. The molecule has 2 unspecified atom stereocenters. The molecule has 0 aliphatic carbocycles. The lowest BCUT2D eigenvalue weighted by molar-refractivity contribution is -0.870. The molecule has 0 amide bonds. The van der Waals surface area contributed by atoms with E-state index in [9.17, 15) is 19.5 Å². The minimum absolute atomic E-state index is 0.177. The van der Waals surface area contributed by atoms with Crippen molar-refractivity contribution in [1.82, 2.24) is 0 Å². The van der Waals surface area contributed by atoms with E-state index in [0.717, 1.165) is 38.5 Å². The number of carbonyl (C=O) groups is 3. The van der Waals surface area contributed by atoms with Gasteiger partial charge in [0.1, 0.15) is 13.2 Å². The summed E-state index contributed by atoms with van der Waals surface area (Å²) in [7, 11) is 5.95. The summed E-state index contributed by atoms with van der Waals surface area (Å²) >= 11 is 0. The number of aliphatic carboxylic acids is 1. The highest BCUT2D eigenvalue weighted by Gasteiger charge is 2.25. The maximum Gasteiger partial charge on any atom is 0.361 e. The number of carboxylic acids is 1. The summed E-state index contributed by atoms with van der Waals surface area (Å²) in [5.41, 5.74) is 0. The van der Waals surface area contributed by atoms with Gasteiger partial charge in [-0.25, -0.2) is 4.79 Å². The number of hydrogen-bond donors (Lipinski definition) is 1. The van der Waals surface area contributed by atoms with E-state index in [-0.39, 0.29) is 32.2 Å². The SMILES string of the molecule is CCCCCCCCCC/C=C\CCCCCCCCCCCCCC(=O)OC(COC(=O)CCCCCCCCCC)COC(OCC[N+](C)(C)C)C(=O)O. The van der Waals surface area contributed by atoms with Crippen molar-refractivity contribution in [2.75, 3.05) is 47.5 Å². The van der Waals surface area contributed by atoms with E-state index < -0.39 is 24.3 Å². The number of esters is 2. The minimum atomic E-state index is -1.50. The minimum Gasteiger partial charge on any atom is -0.477 e. The highest BCUT2D eigenvalue weighted by atomic mass is 16.7. The molecule has 0 rings (SSSR count). The van der Waals surface area contributed by atoms with Gasteiger partial charge in [-0.1, -0.05) is 174 Å². The van der Waals surface area contributed by atoms with Gasteiger partial charge in [0, 0.05) is 12.8 Å². The smallest absolute Gasteiger partial charge is 0.361 e. The van der Waals surface area contributed by atoms with E-state index in [1.54, 1.807) is 0 Å². The third-order valence-corrected chi connectivity index (χ3v) is 10.3. The van der Waals surface area contributed by atoms with Gasteiger partial charge in [-0.2, -0.15) is 0 Å². The predicted octanol–water partition coefficient (Wildman–Crippen LogP) is 12.3. The van der Waals surface area contributed by atoms with Gasteiger partial charge >= 0.3 is 17.9 Å². The molecule has 0 spiro atoms. The van der Waals surface area contributed by atoms with Gasteiger partial charge in [0.05, 0.1) is 34.4 Å². The van der Waals surface area contributed by atoms with Crippen LogP contribution >= 0.6 is 0 Å². The molecule has 0 aliphatic rings. The van der Waals surface area contributed by atoms with Crippen LogP contribution in [0.3, 0.4) is 0 Å². The van der Waals surface area contributed by atoms with Crippen LogP contribution in [0.1, 0.15) is 213 Å². The van der Waals surface area contributed by atoms with Gasteiger partial charge in [-0.15, -0.1) is 0 Å². The lowest BCUT2D eigenvalue weighted by Crippen LogP contribution is -2.40. The summed E-state index contributed by atoms with van der Waals surface area (Å²) in [6.45, 7) is 4.85. The second-order valence-corrected chi connectivity index (χ2v) is 17.1. The van der Waals surface area contributed by atoms with Crippen molar-refractivity contribution in [3.05, 3.63) is 12.2 Å². The number of quaternary nitrogens is 1. The van der Waals surface area contributed by atoms with E-state index >= 15 is 0 Å². The average Bonchev–Trinajstić information content (AvgIpc) is 3.15. The van der Waals surface area contributed by atoms with E-state index in [0.29, 0.717) is 17.4 Å². The number of unbranched alkanes of at least 4 members (excludes halogenated alkanes) is 26. The summed E-state index contributed by atoms with van der Waals surface area (Å²) in [6, 6.07) is 0. The number of carboxylic acid groups (broad SMARTS) is 1. The van der Waals surface area contributed by atoms with Gasteiger partial charge in [0.15, 0.2) is 6.10 Å². The van der Waals surface area contributed by atoms with E-state index in [1.165, 1.54) is 148 Å². The number of allylic oxidation sites excluding steroid dienone is 2. The lowest BCUT2D eigenvalue weighted by atomic mass is 10.0. The normalized spacial score (nSPS) is 12.9. The Morgan fingerprint density at radius 3 is 1.32 bits per heavy atom. The van der Waals surface area contributed by atoms with E-state index in [4.69, 9.17) is 18.9 Å². The van der Waals surface area contributed by atoms with Crippen LogP contribution in [0.4, 0.5) is 0 Å². The molecule has 56 heavy (non-hydrogen) atoms. The van der Waals surface area contributed by atoms with Gasteiger partial charge in [-0.3, -0.25) is 9.59 Å². The number of carbonyl (C=O) groups excluding carboxylic acids is 2. The van der Waals surface area contributed by atoms with Gasteiger partial charge < -0.3 is 28.5 Å². The van der Waals surface area contributed by atoms with Crippen molar-refractivity contribution < 1.29 is 42.9 Å². The standard InChI is InChI=1S/C47H89NO8/c1-6-8-10-12-14-16-17-18-19-20-21-22-23-24-25-26-27-28-29-30-32-34-36-38-45(50)56-43(42-55-47(46(51)52)53-40-39-48(3,4)5)41-54-44(49)37-35-33-31-15-13-11-9-7-2/h20-21,43,47H,6-19,22-42H2,1-5H3/p+1/b21-20-. The second-order valence-electron chi connectivity index (χ2n) is 17.1.